The second-order valence-electron chi connectivity index (χ2n) is 8.89. The fraction of sp³-hybridized carbons (Fsp3) is 0.333. The number of benzene rings is 2. The number of hydrogen-bond acceptors (Lipinski definition) is 5. The van der Waals surface area contributed by atoms with Crippen molar-refractivity contribution in [2.45, 2.75) is 45.9 Å². The highest BCUT2D eigenvalue weighted by atomic mass is 16.5. The molecule has 1 saturated heterocycles. The van der Waals surface area contributed by atoms with Gasteiger partial charge in [-0.05, 0) is 58.0 Å². The van der Waals surface area contributed by atoms with E-state index in [-0.39, 0.29) is 36.7 Å². The first-order chi connectivity index (χ1) is 16.3. The van der Waals surface area contributed by atoms with E-state index in [1.807, 2.05) is 52.0 Å². The first-order valence-corrected chi connectivity index (χ1v) is 11.5. The molecule has 1 unspecified atom stereocenters. The summed E-state index contributed by atoms with van der Waals surface area (Å²) in [5.41, 5.74) is 2.14. The molecule has 0 radical (unpaired) electrons. The summed E-state index contributed by atoms with van der Waals surface area (Å²) in [4.78, 5) is 31.0. The molecular formula is C27H30N2O5. The van der Waals surface area contributed by atoms with E-state index in [0.29, 0.717) is 11.3 Å². The third-order valence-electron chi connectivity index (χ3n) is 5.74. The molecule has 1 atom stereocenters. The summed E-state index contributed by atoms with van der Waals surface area (Å²) in [7, 11) is 0. The Morgan fingerprint density at radius 3 is 2.41 bits per heavy atom. The van der Waals surface area contributed by atoms with Crippen LogP contribution < -0.4 is 4.74 Å². The fourth-order valence-electron chi connectivity index (χ4n) is 4.26. The molecular weight excluding hydrogens is 432 g/mol. The summed E-state index contributed by atoms with van der Waals surface area (Å²) in [6.45, 7) is 8.20. The number of amides is 1. The lowest BCUT2D eigenvalue weighted by Crippen LogP contribution is -2.33. The van der Waals surface area contributed by atoms with Crippen molar-refractivity contribution in [1.82, 2.24) is 9.88 Å². The van der Waals surface area contributed by atoms with Crippen molar-refractivity contribution < 1.29 is 24.2 Å². The standard InChI is InChI=1S/C27H30N2O5/c1-16(2)33-14-13-29-24(21-15-28-22-8-6-5-7-20(21)22)23(26(31)27(29)32)25(30)18-9-11-19(12-10-18)34-17(3)4/h5-12,15-17,24,28,30H,13-14H2,1-4H3/b25-23+. The van der Waals surface area contributed by atoms with Crippen LogP contribution in [-0.2, 0) is 14.3 Å². The van der Waals surface area contributed by atoms with Gasteiger partial charge in [-0.2, -0.15) is 0 Å². The number of nitrogens with zero attached hydrogens (tertiary/aromatic N) is 1. The average Bonchev–Trinajstić information content (AvgIpc) is 3.33. The molecule has 0 bridgehead atoms. The number of aliphatic hydroxyl groups is 1. The molecule has 2 aromatic carbocycles. The van der Waals surface area contributed by atoms with Crippen molar-refractivity contribution in [3.05, 3.63) is 71.4 Å². The summed E-state index contributed by atoms with van der Waals surface area (Å²) < 4.78 is 11.3. The van der Waals surface area contributed by atoms with Crippen molar-refractivity contribution in [3.63, 3.8) is 0 Å². The van der Waals surface area contributed by atoms with Crippen LogP contribution in [0.25, 0.3) is 16.7 Å². The zero-order chi connectivity index (χ0) is 24.4. The first-order valence-electron chi connectivity index (χ1n) is 11.5. The summed E-state index contributed by atoms with van der Waals surface area (Å²) in [5.74, 6) is -0.910. The van der Waals surface area contributed by atoms with E-state index < -0.39 is 17.7 Å². The highest BCUT2D eigenvalue weighted by Crippen LogP contribution is 2.41. The van der Waals surface area contributed by atoms with E-state index in [1.165, 1.54) is 4.90 Å². The van der Waals surface area contributed by atoms with Crippen LogP contribution in [-0.4, -0.2) is 52.0 Å². The number of aromatic nitrogens is 1. The van der Waals surface area contributed by atoms with Crippen LogP contribution in [0.3, 0.4) is 0 Å². The zero-order valence-electron chi connectivity index (χ0n) is 19.9. The number of carbonyl (C=O) groups excluding carboxylic acids is 2. The fourth-order valence-corrected chi connectivity index (χ4v) is 4.26. The van der Waals surface area contributed by atoms with Gasteiger partial charge in [-0.15, -0.1) is 0 Å². The van der Waals surface area contributed by atoms with Gasteiger partial charge in [-0.3, -0.25) is 9.59 Å². The Hall–Kier alpha value is -3.58. The number of ketones is 1. The van der Waals surface area contributed by atoms with Crippen molar-refractivity contribution in [3.8, 4) is 5.75 Å². The van der Waals surface area contributed by atoms with E-state index in [9.17, 15) is 14.7 Å². The van der Waals surface area contributed by atoms with Gasteiger partial charge in [0.1, 0.15) is 11.5 Å². The van der Waals surface area contributed by atoms with Crippen LogP contribution in [0.2, 0.25) is 0 Å². The topological polar surface area (TPSA) is 91.9 Å². The third-order valence-corrected chi connectivity index (χ3v) is 5.74. The molecule has 7 heteroatoms. The second-order valence-corrected chi connectivity index (χ2v) is 8.89. The molecule has 0 aliphatic carbocycles. The highest BCUT2D eigenvalue weighted by molar-refractivity contribution is 6.46. The Labute approximate surface area is 199 Å². The Kier molecular flexibility index (Phi) is 6.75. The Balaban J connectivity index is 1.80. The van der Waals surface area contributed by atoms with E-state index in [4.69, 9.17) is 9.47 Å². The quantitative estimate of drug-likeness (QED) is 0.285. The van der Waals surface area contributed by atoms with Gasteiger partial charge in [0.05, 0.1) is 30.4 Å². The van der Waals surface area contributed by atoms with Crippen LogP contribution in [0.5, 0.6) is 5.75 Å². The Morgan fingerprint density at radius 2 is 1.74 bits per heavy atom. The lowest BCUT2D eigenvalue weighted by atomic mass is 9.95. The van der Waals surface area contributed by atoms with Gasteiger partial charge in [0, 0.05) is 34.8 Å². The lowest BCUT2D eigenvalue weighted by molar-refractivity contribution is -0.140. The van der Waals surface area contributed by atoms with Crippen LogP contribution in [0.1, 0.15) is 44.9 Å². The summed E-state index contributed by atoms with van der Waals surface area (Å²) in [6, 6.07) is 13.8. The lowest BCUT2D eigenvalue weighted by Gasteiger charge is -2.25. The zero-order valence-corrected chi connectivity index (χ0v) is 19.9. The molecule has 4 rings (SSSR count). The number of rotatable bonds is 8. The van der Waals surface area contributed by atoms with Crippen molar-refractivity contribution in [2.24, 2.45) is 0 Å². The van der Waals surface area contributed by atoms with Gasteiger partial charge in [-0.25, -0.2) is 0 Å². The SMILES string of the molecule is CC(C)OCCN1C(=O)C(=O)/C(=C(/O)c2ccc(OC(C)C)cc2)C1c1c[nH]c2ccccc12. The van der Waals surface area contributed by atoms with E-state index in [2.05, 4.69) is 4.98 Å². The van der Waals surface area contributed by atoms with Gasteiger partial charge in [0.2, 0.25) is 0 Å². The van der Waals surface area contributed by atoms with Crippen LogP contribution in [0.4, 0.5) is 0 Å². The number of para-hydroxylation sites is 1. The van der Waals surface area contributed by atoms with Gasteiger partial charge in [-0.1, -0.05) is 18.2 Å². The number of carbonyl (C=O) groups is 2. The summed E-state index contributed by atoms with van der Waals surface area (Å²) in [6.07, 6.45) is 1.80. The maximum Gasteiger partial charge on any atom is 0.295 e. The molecule has 1 aromatic heterocycles. The summed E-state index contributed by atoms with van der Waals surface area (Å²) >= 11 is 0. The van der Waals surface area contributed by atoms with Crippen molar-refractivity contribution in [1.29, 1.82) is 0 Å². The number of likely N-dealkylation sites (tertiary alicyclic amines) is 1. The number of H-pyrrole nitrogens is 1. The average molecular weight is 463 g/mol. The maximum absolute atomic E-state index is 13.2. The molecule has 0 saturated carbocycles. The van der Waals surface area contributed by atoms with E-state index >= 15 is 0 Å². The molecule has 2 heterocycles. The minimum Gasteiger partial charge on any atom is -0.507 e. The number of Topliss-reactive ketones (excluding diaryl/α,β-unsaturated/α-hetero) is 1. The number of fused-ring (bicyclic) bond motifs is 1. The first kappa shape index (κ1) is 23.6. The van der Waals surface area contributed by atoms with Crippen LogP contribution in [0.15, 0.2) is 60.3 Å². The molecule has 7 nitrogen and oxygen atoms in total. The minimum absolute atomic E-state index is 0.00469. The molecule has 0 spiro atoms. The molecule has 1 aliphatic heterocycles. The van der Waals surface area contributed by atoms with Gasteiger partial charge >= 0.3 is 0 Å². The predicted octanol–water partition coefficient (Wildman–Crippen LogP) is 4.80. The third kappa shape index (κ3) is 4.56. The van der Waals surface area contributed by atoms with Crippen LogP contribution >= 0.6 is 0 Å². The maximum atomic E-state index is 13.2. The van der Waals surface area contributed by atoms with E-state index in [0.717, 1.165) is 16.5 Å². The largest absolute Gasteiger partial charge is 0.507 e. The smallest absolute Gasteiger partial charge is 0.295 e. The monoisotopic (exact) mass is 462 g/mol. The van der Waals surface area contributed by atoms with Gasteiger partial charge in [0.25, 0.3) is 11.7 Å². The molecule has 2 N–H and O–H groups in total. The molecule has 3 aromatic rings. The molecule has 1 aliphatic rings. The number of ether oxygens (including phenoxy) is 2. The van der Waals surface area contributed by atoms with Crippen molar-refractivity contribution in [2.75, 3.05) is 13.2 Å². The molecule has 178 valence electrons. The molecule has 1 amide bonds. The van der Waals surface area contributed by atoms with E-state index in [1.54, 1.807) is 30.5 Å². The summed E-state index contributed by atoms with van der Waals surface area (Å²) in [5, 5.41) is 12.1. The second kappa shape index (κ2) is 9.73. The number of nitrogens with one attached hydrogen (secondary N) is 1. The molecule has 1 fully saturated rings. The molecule has 34 heavy (non-hydrogen) atoms. The number of aromatic amines is 1. The highest BCUT2D eigenvalue weighted by Gasteiger charge is 2.46. The number of aliphatic hydroxyl groups excluding tert-OH is 1. The number of hydrogen-bond donors (Lipinski definition) is 2. The van der Waals surface area contributed by atoms with Gasteiger partial charge < -0.3 is 24.5 Å². The van der Waals surface area contributed by atoms with Crippen LogP contribution in [0, 0.1) is 0 Å². The normalized spacial score (nSPS) is 17.9. The Bertz CT molecular complexity index is 1220. The minimum atomic E-state index is -0.737. The van der Waals surface area contributed by atoms with Gasteiger partial charge in [0.15, 0.2) is 0 Å². The predicted molar refractivity (Wildman–Crippen MR) is 131 cm³/mol. The van der Waals surface area contributed by atoms with Crippen molar-refractivity contribution >= 4 is 28.4 Å². The Morgan fingerprint density at radius 1 is 1.03 bits per heavy atom.